The molecule has 1 aromatic carbocycles. The molecule has 2 unspecified atom stereocenters. The monoisotopic (exact) mass is 673 g/mol. The van der Waals surface area contributed by atoms with Crippen LogP contribution < -0.4 is 9.62 Å². The van der Waals surface area contributed by atoms with E-state index < -0.39 is 50.8 Å². The number of halogens is 1. The Labute approximate surface area is 266 Å². The molecule has 4 heterocycles. The maximum atomic E-state index is 13.2. The summed E-state index contributed by atoms with van der Waals surface area (Å²) < 4.78 is 41.9. The number of hydrogen-bond acceptors (Lipinski definition) is 10. The topological polar surface area (TPSA) is 181 Å². The number of amides is 2. The minimum absolute atomic E-state index is 0.0747. The molecule has 6 rings (SSSR count). The summed E-state index contributed by atoms with van der Waals surface area (Å²) in [6, 6.07) is 10.1. The van der Waals surface area contributed by atoms with Gasteiger partial charge in [-0.2, -0.15) is 0 Å². The highest BCUT2D eigenvalue weighted by atomic mass is 35.5. The van der Waals surface area contributed by atoms with Gasteiger partial charge in [-0.05, 0) is 62.8 Å². The quantitative estimate of drug-likeness (QED) is 0.207. The Morgan fingerprint density at radius 3 is 2.51 bits per heavy atom. The molecule has 236 valence electrons. The number of ether oxygens (including phenoxy) is 2. The molecule has 1 saturated carbocycles. The molecule has 0 bridgehead atoms. The third kappa shape index (κ3) is 6.11. The lowest BCUT2D eigenvalue weighted by molar-refractivity contribution is -0.159. The van der Waals surface area contributed by atoms with E-state index >= 15 is 0 Å². The zero-order valence-corrected chi connectivity index (χ0v) is 26.6. The van der Waals surface area contributed by atoms with Gasteiger partial charge < -0.3 is 19.7 Å². The van der Waals surface area contributed by atoms with E-state index in [2.05, 4.69) is 19.7 Å². The second-order valence-electron chi connectivity index (χ2n) is 11.4. The van der Waals surface area contributed by atoms with Crippen molar-refractivity contribution >= 4 is 61.2 Å². The standard InChI is InChI=1S/C29H28ClN5O8S2/c1-28(2)42-14-29(3,43-28)16-9-10-31-20(12-16)18-6-4-5-15-11-21(44-24(15)18)23(34-45(40,41)17-7-8-17)22-19(30)13-32-25(33-22)35(26(36)37)27(38)39/h4-6,9-13,17,23,34H,7-8,14H2,1-3H3,(H,36,37)(H,38,39). The summed E-state index contributed by atoms with van der Waals surface area (Å²) >= 11 is 7.75. The van der Waals surface area contributed by atoms with E-state index in [0.29, 0.717) is 30.0 Å². The van der Waals surface area contributed by atoms with E-state index in [-0.39, 0.29) is 15.6 Å². The lowest BCUT2D eigenvalue weighted by Crippen LogP contribution is -2.37. The second kappa shape index (κ2) is 11.3. The van der Waals surface area contributed by atoms with Crippen molar-refractivity contribution in [3.63, 3.8) is 0 Å². The van der Waals surface area contributed by atoms with E-state index in [9.17, 15) is 28.2 Å². The number of rotatable bonds is 8. The van der Waals surface area contributed by atoms with E-state index in [1.165, 1.54) is 11.3 Å². The number of carboxylic acid groups (broad SMARTS) is 2. The normalized spacial score (nSPS) is 20.3. The van der Waals surface area contributed by atoms with Crippen LogP contribution in [0.15, 0.2) is 48.8 Å². The molecule has 13 nitrogen and oxygen atoms in total. The molecule has 2 amide bonds. The SMILES string of the molecule is CC1(C)OCC(C)(c2ccnc(-c3cccc4cc(C(NS(=O)(=O)C5CC5)c5nc(N(C(=O)O)C(=O)O)ncc5Cl)sc34)c2)O1. The van der Waals surface area contributed by atoms with Crippen molar-refractivity contribution < 1.29 is 37.7 Å². The molecule has 3 aromatic heterocycles. The molecular weight excluding hydrogens is 646 g/mol. The van der Waals surface area contributed by atoms with Gasteiger partial charge in [0.2, 0.25) is 16.0 Å². The van der Waals surface area contributed by atoms with Gasteiger partial charge in [0.25, 0.3) is 0 Å². The smallest absolute Gasteiger partial charge is 0.424 e. The molecule has 2 aliphatic rings. The van der Waals surface area contributed by atoms with Crippen LogP contribution in [-0.4, -0.2) is 63.4 Å². The molecule has 3 N–H and O–H groups in total. The largest absolute Gasteiger partial charge is 0.464 e. The van der Waals surface area contributed by atoms with E-state index in [1.807, 2.05) is 51.1 Å². The first-order chi connectivity index (χ1) is 21.2. The molecule has 4 aromatic rings. The number of nitrogens with one attached hydrogen (secondary N) is 1. The lowest BCUT2D eigenvalue weighted by Gasteiger charge is -2.25. The molecule has 0 spiro atoms. The zero-order chi connectivity index (χ0) is 32.3. The highest BCUT2D eigenvalue weighted by molar-refractivity contribution is 7.90. The maximum absolute atomic E-state index is 13.2. The second-order valence-corrected chi connectivity index (χ2v) is 14.9. The summed E-state index contributed by atoms with van der Waals surface area (Å²) in [5.41, 5.74) is 1.54. The number of pyridine rings is 1. The van der Waals surface area contributed by atoms with Gasteiger partial charge in [-0.1, -0.05) is 29.8 Å². The molecule has 1 aliphatic carbocycles. The average molecular weight is 674 g/mol. The van der Waals surface area contributed by atoms with Crippen LogP contribution in [0.4, 0.5) is 15.5 Å². The van der Waals surface area contributed by atoms with Crippen LogP contribution in [0.2, 0.25) is 5.02 Å². The van der Waals surface area contributed by atoms with Crippen molar-refractivity contribution in [1.82, 2.24) is 19.7 Å². The summed E-state index contributed by atoms with van der Waals surface area (Å²) in [7, 11) is -3.84. The zero-order valence-electron chi connectivity index (χ0n) is 24.2. The Hall–Kier alpha value is -3.73. The van der Waals surface area contributed by atoms with Crippen molar-refractivity contribution in [1.29, 1.82) is 0 Å². The van der Waals surface area contributed by atoms with Crippen molar-refractivity contribution in [2.24, 2.45) is 0 Å². The molecule has 2 atom stereocenters. The predicted molar refractivity (Wildman–Crippen MR) is 166 cm³/mol. The van der Waals surface area contributed by atoms with Gasteiger partial charge in [0.1, 0.15) is 5.60 Å². The summed E-state index contributed by atoms with van der Waals surface area (Å²) in [5, 5.41) is 19.0. The minimum atomic E-state index is -3.84. The van der Waals surface area contributed by atoms with Gasteiger partial charge in [-0.25, -0.2) is 32.7 Å². The third-order valence-electron chi connectivity index (χ3n) is 7.52. The van der Waals surface area contributed by atoms with Crippen LogP contribution in [0, 0.1) is 0 Å². The van der Waals surface area contributed by atoms with Crippen LogP contribution in [0.3, 0.4) is 0 Å². The summed E-state index contributed by atoms with van der Waals surface area (Å²) in [6.45, 7) is 6.03. The number of fused-ring (bicyclic) bond motifs is 1. The van der Waals surface area contributed by atoms with Gasteiger partial charge in [-0.3, -0.25) is 4.98 Å². The fraction of sp³-hybridized carbons (Fsp3) is 0.345. The van der Waals surface area contributed by atoms with Gasteiger partial charge in [-0.15, -0.1) is 16.2 Å². The van der Waals surface area contributed by atoms with Crippen LogP contribution >= 0.6 is 22.9 Å². The first-order valence-electron chi connectivity index (χ1n) is 13.8. The Morgan fingerprint density at radius 1 is 1.13 bits per heavy atom. The number of carbonyl (C=O) groups is 2. The molecule has 45 heavy (non-hydrogen) atoms. The van der Waals surface area contributed by atoms with Crippen LogP contribution in [-0.2, 0) is 25.1 Å². The van der Waals surface area contributed by atoms with Gasteiger partial charge in [0.15, 0.2) is 5.79 Å². The van der Waals surface area contributed by atoms with Crippen molar-refractivity contribution in [2.75, 3.05) is 11.5 Å². The summed E-state index contributed by atoms with van der Waals surface area (Å²) in [4.78, 5) is 36.3. The van der Waals surface area contributed by atoms with Gasteiger partial charge in [0.05, 0.1) is 40.5 Å². The number of sulfonamides is 1. The first kappa shape index (κ1) is 31.3. The van der Waals surface area contributed by atoms with E-state index in [4.69, 9.17) is 21.1 Å². The van der Waals surface area contributed by atoms with Gasteiger partial charge in [0, 0.05) is 21.3 Å². The average Bonchev–Trinajstić information content (AvgIpc) is 3.68. The highest BCUT2D eigenvalue weighted by Gasteiger charge is 2.43. The Balaban J connectivity index is 1.46. The molecule has 16 heteroatoms. The van der Waals surface area contributed by atoms with Crippen molar-refractivity contribution in [2.45, 2.75) is 56.3 Å². The molecule has 2 fully saturated rings. The van der Waals surface area contributed by atoms with Crippen molar-refractivity contribution in [3.05, 3.63) is 69.9 Å². The number of aromatic nitrogens is 3. The number of nitrogens with zero attached hydrogens (tertiary/aromatic N) is 4. The van der Waals surface area contributed by atoms with Crippen LogP contribution in [0.1, 0.15) is 55.8 Å². The predicted octanol–water partition coefficient (Wildman–Crippen LogP) is 5.74. The molecule has 0 radical (unpaired) electrons. The lowest BCUT2D eigenvalue weighted by atomic mass is 9.96. The summed E-state index contributed by atoms with van der Waals surface area (Å²) in [5.74, 6) is -1.43. The van der Waals surface area contributed by atoms with E-state index in [0.717, 1.165) is 27.4 Å². The molecule has 1 saturated heterocycles. The number of benzene rings is 1. The summed E-state index contributed by atoms with van der Waals surface area (Å²) in [6.07, 6.45) is 0.0448. The molecule has 1 aliphatic heterocycles. The maximum Gasteiger partial charge on any atom is 0.424 e. The fourth-order valence-electron chi connectivity index (χ4n) is 5.21. The minimum Gasteiger partial charge on any atom is -0.464 e. The van der Waals surface area contributed by atoms with Crippen LogP contribution in [0.5, 0.6) is 0 Å². The Kier molecular flexibility index (Phi) is 7.82. The third-order valence-corrected chi connectivity index (χ3v) is 11.0. The number of imide groups is 1. The fourth-order valence-corrected chi connectivity index (χ4v) is 8.24. The first-order valence-corrected chi connectivity index (χ1v) is 16.5. The molecular formula is C29H28ClN5O8S2. The Bertz CT molecular complexity index is 1930. The number of thiophene rings is 1. The van der Waals surface area contributed by atoms with Crippen LogP contribution in [0.25, 0.3) is 21.3 Å². The van der Waals surface area contributed by atoms with E-state index in [1.54, 1.807) is 12.3 Å². The van der Waals surface area contributed by atoms with Crippen molar-refractivity contribution in [3.8, 4) is 11.3 Å². The Morgan fingerprint density at radius 2 is 1.87 bits per heavy atom. The number of hydrogen-bond donors (Lipinski definition) is 3. The highest BCUT2D eigenvalue weighted by Crippen LogP contribution is 2.43. The number of anilines is 1. The van der Waals surface area contributed by atoms with Gasteiger partial charge >= 0.3 is 12.2 Å².